The Morgan fingerprint density at radius 3 is 2.71 bits per heavy atom. The van der Waals surface area contributed by atoms with Gasteiger partial charge in [0.05, 0.1) is 10.2 Å². The second kappa shape index (κ2) is 6.55. The number of benzene rings is 1. The van der Waals surface area contributed by atoms with Gasteiger partial charge in [-0.1, -0.05) is 24.2 Å². The van der Waals surface area contributed by atoms with E-state index < -0.39 is 0 Å². The van der Waals surface area contributed by atoms with Crippen LogP contribution in [0, 0.1) is 5.82 Å². The van der Waals surface area contributed by atoms with Crippen LogP contribution in [0.2, 0.25) is 0 Å². The summed E-state index contributed by atoms with van der Waals surface area (Å²) in [5.74, 6) is -0.230. The molecule has 0 spiro atoms. The van der Waals surface area contributed by atoms with Crippen LogP contribution in [0.25, 0.3) is 10.2 Å². The van der Waals surface area contributed by atoms with Gasteiger partial charge in [-0.25, -0.2) is 14.2 Å². The van der Waals surface area contributed by atoms with Gasteiger partial charge in [-0.15, -0.1) is 0 Å². The highest BCUT2D eigenvalue weighted by Gasteiger charge is 2.25. The molecule has 2 aromatic rings. The third-order valence-electron chi connectivity index (χ3n) is 4.86. The molecule has 2 heterocycles. The van der Waals surface area contributed by atoms with Crippen LogP contribution in [-0.2, 0) is 0 Å². The third kappa shape index (κ3) is 3.17. The number of rotatable bonds is 2. The molecule has 1 aromatic carbocycles. The molecular formula is C17H21FN4OS. The Kier molecular flexibility index (Phi) is 4.26. The van der Waals surface area contributed by atoms with Crippen molar-refractivity contribution in [2.24, 2.45) is 0 Å². The molecule has 2 amide bonds. The fourth-order valence-electron chi connectivity index (χ4n) is 3.46. The van der Waals surface area contributed by atoms with Crippen molar-refractivity contribution in [3.8, 4) is 0 Å². The minimum absolute atomic E-state index is 0.0629. The molecule has 1 aromatic heterocycles. The molecule has 1 aliphatic carbocycles. The number of aromatic nitrogens is 1. The third-order valence-corrected chi connectivity index (χ3v) is 5.94. The molecule has 2 aliphatic rings. The lowest BCUT2D eigenvalue weighted by molar-refractivity contribution is 0.190. The van der Waals surface area contributed by atoms with Gasteiger partial charge in [-0.05, 0) is 31.0 Å². The number of amides is 2. The minimum atomic E-state index is -0.230. The number of anilines is 1. The second-order valence-corrected chi connectivity index (χ2v) is 7.52. The molecule has 128 valence electrons. The molecule has 1 saturated heterocycles. The van der Waals surface area contributed by atoms with Gasteiger partial charge in [0.2, 0.25) is 0 Å². The maximum absolute atomic E-state index is 13.3. The van der Waals surface area contributed by atoms with Crippen LogP contribution >= 0.6 is 11.3 Å². The SMILES string of the molecule is O=C(NC1CCCC1)N1CCN(c2nc3ccc(F)cc3s2)CC1. The molecule has 0 unspecified atom stereocenters. The van der Waals surface area contributed by atoms with Gasteiger partial charge in [-0.3, -0.25) is 0 Å². The summed E-state index contributed by atoms with van der Waals surface area (Å²) < 4.78 is 14.2. The Labute approximate surface area is 144 Å². The molecule has 7 heteroatoms. The summed E-state index contributed by atoms with van der Waals surface area (Å²) >= 11 is 1.51. The fraction of sp³-hybridized carbons (Fsp3) is 0.529. The zero-order valence-electron chi connectivity index (χ0n) is 13.5. The van der Waals surface area contributed by atoms with E-state index in [1.807, 2.05) is 4.90 Å². The zero-order valence-corrected chi connectivity index (χ0v) is 14.3. The van der Waals surface area contributed by atoms with E-state index in [4.69, 9.17) is 0 Å². The molecular weight excluding hydrogens is 327 g/mol. The maximum atomic E-state index is 13.3. The number of fused-ring (bicyclic) bond motifs is 1. The molecule has 1 saturated carbocycles. The number of piperazine rings is 1. The summed E-state index contributed by atoms with van der Waals surface area (Å²) in [5, 5.41) is 4.05. The van der Waals surface area contributed by atoms with Gasteiger partial charge in [0.25, 0.3) is 0 Å². The van der Waals surface area contributed by atoms with Crippen molar-refractivity contribution >= 4 is 32.7 Å². The molecule has 1 aliphatic heterocycles. The highest BCUT2D eigenvalue weighted by Crippen LogP contribution is 2.30. The van der Waals surface area contributed by atoms with Crippen molar-refractivity contribution < 1.29 is 9.18 Å². The largest absolute Gasteiger partial charge is 0.345 e. The fourth-order valence-corrected chi connectivity index (χ4v) is 4.50. The van der Waals surface area contributed by atoms with Crippen LogP contribution in [0.4, 0.5) is 14.3 Å². The Bertz CT molecular complexity index is 735. The number of nitrogens with one attached hydrogen (secondary N) is 1. The molecule has 0 bridgehead atoms. The van der Waals surface area contributed by atoms with E-state index >= 15 is 0 Å². The number of hydrogen-bond acceptors (Lipinski definition) is 4. The number of carbonyl (C=O) groups is 1. The highest BCUT2D eigenvalue weighted by molar-refractivity contribution is 7.22. The molecule has 24 heavy (non-hydrogen) atoms. The van der Waals surface area contributed by atoms with Gasteiger partial charge in [-0.2, -0.15) is 0 Å². The number of thiazole rings is 1. The first-order valence-electron chi connectivity index (χ1n) is 8.55. The van der Waals surface area contributed by atoms with Gasteiger partial charge in [0.15, 0.2) is 5.13 Å². The molecule has 0 atom stereocenters. The van der Waals surface area contributed by atoms with E-state index in [2.05, 4.69) is 15.2 Å². The minimum Gasteiger partial charge on any atom is -0.345 e. The smallest absolute Gasteiger partial charge is 0.317 e. The zero-order chi connectivity index (χ0) is 16.5. The van der Waals surface area contributed by atoms with E-state index in [9.17, 15) is 9.18 Å². The van der Waals surface area contributed by atoms with Crippen molar-refractivity contribution in [3.05, 3.63) is 24.0 Å². The first-order chi connectivity index (χ1) is 11.7. The van der Waals surface area contributed by atoms with E-state index in [0.717, 1.165) is 41.3 Å². The van der Waals surface area contributed by atoms with Gasteiger partial charge < -0.3 is 15.1 Å². The second-order valence-electron chi connectivity index (χ2n) is 6.51. The molecule has 1 N–H and O–H groups in total. The monoisotopic (exact) mass is 348 g/mol. The van der Waals surface area contributed by atoms with Crippen LogP contribution in [-0.4, -0.2) is 48.1 Å². The molecule has 2 fully saturated rings. The number of hydrogen-bond donors (Lipinski definition) is 1. The quantitative estimate of drug-likeness (QED) is 0.907. The van der Waals surface area contributed by atoms with Gasteiger partial charge >= 0.3 is 6.03 Å². The normalized spacial score (nSPS) is 19.2. The summed E-state index contributed by atoms with van der Waals surface area (Å²) in [4.78, 5) is 21.0. The standard InChI is InChI=1S/C17H21FN4OS/c18-12-5-6-14-15(11-12)24-17(20-14)22-9-7-21(8-10-22)16(23)19-13-3-1-2-4-13/h5-6,11,13H,1-4,7-10H2,(H,19,23). The Morgan fingerprint density at radius 2 is 1.96 bits per heavy atom. The first-order valence-corrected chi connectivity index (χ1v) is 9.37. The lowest BCUT2D eigenvalue weighted by atomic mass is 10.2. The van der Waals surface area contributed by atoms with Crippen LogP contribution < -0.4 is 10.2 Å². The van der Waals surface area contributed by atoms with Crippen molar-refractivity contribution in [3.63, 3.8) is 0 Å². The highest BCUT2D eigenvalue weighted by atomic mass is 32.1. The summed E-state index contributed by atoms with van der Waals surface area (Å²) in [6.07, 6.45) is 4.65. The van der Waals surface area contributed by atoms with Crippen LogP contribution in [0.15, 0.2) is 18.2 Å². The average molecular weight is 348 g/mol. The number of urea groups is 1. The lowest BCUT2D eigenvalue weighted by Gasteiger charge is -2.35. The summed E-state index contributed by atoms with van der Waals surface area (Å²) in [5.41, 5.74) is 0.831. The van der Waals surface area contributed by atoms with Crippen LogP contribution in [0.1, 0.15) is 25.7 Å². The topological polar surface area (TPSA) is 48.5 Å². The van der Waals surface area contributed by atoms with Crippen molar-refractivity contribution in [1.82, 2.24) is 15.2 Å². The molecule has 5 nitrogen and oxygen atoms in total. The predicted molar refractivity (Wildman–Crippen MR) is 94.2 cm³/mol. The van der Waals surface area contributed by atoms with E-state index in [-0.39, 0.29) is 11.8 Å². The Hall–Kier alpha value is -1.89. The van der Waals surface area contributed by atoms with Crippen molar-refractivity contribution in [2.75, 3.05) is 31.1 Å². The first kappa shape index (κ1) is 15.6. The summed E-state index contributed by atoms with van der Waals surface area (Å²) in [7, 11) is 0. The van der Waals surface area contributed by atoms with Gasteiger partial charge in [0.1, 0.15) is 5.82 Å². The van der Waals surface area contributed by atoms with Crippen molar-refractivity contribution in [1.29, 1.82) is 0 Å². The summed E-state index contributed by atoms with van der Waals surface area (Å²) in [6, 6.07) is 5.11. The van der Waals surface area contributed by atoms with Gasteiger partial charge in [0, 0.05) is 32.2 Å². The summed E-state index contributed by atoms with van der Waals surface area (Å²) in [6.45, 7) is 2.92. The molecule has 0 radical (unpaired) electrons. The predicted octanol–water partition coefficient (Wildman–Crippen LogP) is 3.21. The number of halogens is 1. The van der Waals surface area contributed by atoms with E-state index in [0.29, 0.717) is 19.1 Å². The average Bonchev–Trinajstić information content (AvgIpc) is 3.24. The number of carbonyl (C=O) groups excluding carboxylic acids is 1. The van der Waals surface area contributed by atoms with Crippen LogP contribution in [0.5, 0.6) is 0 Å². The van der Waals surface area contributed by atoms with Crippen LogP contribution in [0.3, 0.4) is 0 Å². The Morgan fingerprint density at radius 1 is 1.21 bits per heavy atom. The lowest BCUT2D eigenvalue weighted by Crippen LogP contribution is -2.53. The van der Waals surface area contributed by atoms with E-state index in [1.165, 1.54) is 36.3 Å². The van der Waals surface area contributed by atoms with E-state index in [1.54, 1.807) is 6.07 Å². The maximum Gasteiger partial charge on any atom is 0.317 e. The molecule has 4 rings (SSSR count). The van der Waals surface area contributed by atoms with Crippen molar-refractivity contribution in [2.45, 2.75) is 31.7 Å². The Balaban J connectivity index is 1.37. The number of nitrogens with zero attached hydrogens (tertiary/aromatic N) is 3.